The molecule has 4 rings (SSSR count). The summed E-state index contributed by atoms with van der Waals surface area (Å²) in [6, 6.07) is 21.1. The van der Waals surface area contributed by atoms with E-state index in [-0.39, 0.29) is 30.6 Å². The van der Waals surface area contributed by atoms with Crippen LogP contribution in [-0.4, -0.2) is 11.9 Å². The summed E-state index contributed by atoms with van der Waals surface area (Å²) in [4.78, 5) is 21.2. The quantitative estimate of drug-likeness (QED) is 0.345. The molecule has 0 saturated carbocycles. The number of carboxylic acid groups (broad SMARTS) is 2. The van der Waals surface area contributed by atoms with Crippen LogP contribution in [-0.2, 0) is 19.5 Å². The smallest absolute Gasteiger partial charge is 0.545 e. The molecule has 0 bridgehead atoms. The maximum Gasteiger partial charge on any atom is 2.00 e. The number of carbonyl (C=O) groups excluding carboxylic acids is 2. The van der Waals surface area contributed by atoms with E-state index in [0.717, 1.165) is 30.5 Å². The SMILES string of the molecule is O=C([O-])c1ccc2c(Br)cccc2c1.O=C([O-])c1ccc2c(Br)cccc2c1.[Zn+2]. The maximum atomic E-state index is 10.6. The Kier molecular flexibility index (Phi) is 8.08. The molecule has 4 aromatic rings. The van der Waals surface area contributed by atoms with Crippen molar-refractivity contribution in [1.29, 1.82) is 0 Å². The summed E-state index contributed by atoms with van der Waals surface area (Å²) in [6.07, 6.45) is 0. The third kappa shape index (κ3) is 5.50. The number of hydrogen-bond acceptors (Lipinski definition) is 4. The summed E-state index contributed by atoms with van der Waals surface area (Å²) in [7, 11) is 0. The van der Waals surface area contributed by atoms with Gasteiger partial charge in [-0.1, -0.05) is 80.4 Å². The van der Waals surface area contributed by atoms with Gasteiger partial charge in [-0.05, 0) is 56.9 Å². The number of hydrogen-bond donors (Lipinski definition) is 0. The first kappa shape index (κ1) is 23.2. The molecular weight excluding hydrogens is 553 g/mol. The van der Waals surface area contributed by atoms with Gasteiger partial charge in [-0.15, -0.1) is 0 Å². The summed E-state index contributed by atoms with van der Waals surface area (Å²) in [6.45, 7) is 0. The zero-order valence-corrected chi connectivity index (χ0v) is 21.2. The number of aromatic carboxylic acids is 2. The summed E-state index contributed by atoms with van der Waals surface area (Å²) in [5.74, 6) is -2.29. The zero-order chi connectivity index (χ0) is 20.3. The molecule has 0 radical (unpaired) electrons. The van der Waals surface area contributed by atoms with Crippen molar-refractivity contribution in [3.63, 3.8) is 0 Å². The number of fused-ring (bicyclic) bond motifs is 2. The van der Waals surface area contributed by atoms with Crippen molar-refractivity contribution in [2.75, 3.05) is 0 Å². The van der Waals surface area contributed by atoms with Gasteiger partial charge in [0.15, 0.2) is 0 Å². The van der Waals surface area contributed by atoms with Crippen LogP contribution in [0.5, 0.6) is 0 Å². The zero-order valence-electron chi connectivity index (χ0n) is 15.0. The average molecular weight is 566 g/mol. The molecule has 4 nitrogen and oxygen atoms in total. The Morgan fingerprint density at radius 2 is 1.00 bits per heavy atom. The predicted octanol–water partition coefficient (Wildman–Crippen LogP) is 3.93. The normalized spacial score (nSPS) is 10.0. The molecular formula is C22H12Br2O4Zn. The van der Waals surface area contributed by atoms with Crippen molar-refractivity contribution >= 4 is 65.3 Å². The Morgan fingerprint density at radius 1 is 0.621 bits per heavy atom. The van der Waals surface area contributed by atoms with Crippen molar-refractivity contribution in [2.24, 2.45) is 0 Å². The summed E-state index contributed by atoms with van der Waals surface area (Å²) in [5.41, 5.74) is 0.409. The number of benzene rings is 4. The largest absolute Gasteiger partial charge is 2.00 e. The van der Waals surface area contributed by atoms with Crippen molar-refractivity contribution in [1.82, 2.24) is 0 Å². The van der Waals surface area contributed by atoms with Crippen molar-refractivity contribution in [3.05, 3.63) is 92.9 Å². The second-order valence-electron chi connectivity index (χ2n) is 5.93. The van der Waals surface area contributed by atoms with Crippen LogP contribution >= 0.6 is 31.9 Å². The van der Waals surface area contributed by atoms with Gasteiger partial charge >= 0.3 is 19.5 Å². The van der Waals surface area contributed by atoms with Crippen LogP contribution in [0.25, 0.3) is 21.5 Å². The van der Waals surface area contributed by atoms with E-state index in [1.165, 1.54) is 0 Å². The van der Waals surface area contributed by atoms with Gasteiger partial charge in [0.05, 0.1) is 11.9 Å². The van der Waals surface area contributed by atoms with Crippen molar-refractivity contribution in [2.45, 2.75) is 0 Å². The first-order valence-corrected chi connectivity index (χ1v) is 9.74. The molecule has 0 heterocycles. The second-order valence-corrected chi connectivity index (χ2v) is 7.64. The first-order valence-electron chi connectivity index (χ1n) is 8.16. The van der Waals surface area contributed by atoms with Gasteiger partial charge in [0.2, 0.25) is 0 Å². The summed E-state index contributed by atoms with van der Waals surface area (Å²) in [5, 5.41) is 25.0. The molecule has 7 heteroatoms. The molecule has 0 atom stereocenters. The van der Waals surface area contributed by atoms with Crippen LogP contribution in [0.15, 0.2) is 81.7 Å². The van der Waals surface area contributed by atoms with Gasteiger partial charge in [-0.3, -0.25) is 0 Å². The molecule has 0 aliphatic rings. The fraction of sp³-hybridized carbons (Fsp3) is 0. The summed E-state index contributed by atoms with van der Waals surface area (Å²) < 4.78 is 1.92. The molecule has 0 aliphatic heterocycles. The van der Waals surface area contributed by atoms with Crippen molar-refractivity contribution in [3.8, 4) is 0 Å². The topological polar surface area (TPSA) is 80.3 Å². The van der Waals surface area contributed by atoms with E-state index in [4.69, 9.17) is 0 Å². The summed E-state index contributed by atoms with van der Waals surface area (Å²) >= 11 is 6.79. The molecule has 140 valence electrons. The first-order chi connectivity index (χ1) is 13.4. The number of halogens is 2. The molecule has 0 saturated heterocycles. The monoisotopic (exact) mass is 562 g/mol. The Hall–Kier alpha value is -2.08. The Morgan fingerprint density at radius 3 is 1.34 bits per heavy atom. The number of rotatable bonds is 2. The van der Waals surface area contributed by atoms with Gasteiger partial charge in [-0.2, -0.15) is 0 Å². The van der Waals surface area contributed by atoms with Gasteiger partial charge in [0, 0.05) is 8.95 Å². The van der Waals surface area contributed by atoms with E-state index >= 15 is 0 Å². The molecule has 0 fully saturated rings. The van der Waals surface area contributed by atoms with Crippen LogP contribution in [0, 0.1) is 0 Å². The van der Waals surface area contributed by atoms with E-state index in [1.807, 2.05) is 36.4 Å². The van der Waals surface area contributed by atoms with Crippen LogP contribution in [0.3, 0.4) is 0 Å². The van der Waals surface area contributed by atoms with Crippen LogP contribution in [0.4, 0.5) is 0 Å². The standard InChI is InChI=1S/2C11H7BrO2.Zn/c2*12-10-3-1-2-7-6-8(11(13)14)4-5-9(7)10;/h2*1-6H,(H,13,14);/q;;+2/p-2. The molecule has 0 aliphatic carbocycles. The molecule has 4 aromatic carbocycles. The van der Waals surface area contributed by atoms with Gasteiger partial charge in [0.1, 0.15) is 0 Å². The van der Waals surface area contributed by atoms with Crippen LogP contribution in [0.2, 0.25) is 0 Å². The third-order valence-corrected chi connectivity index (χ3v) is 5.51. The Balaban J connectivity index is 0.000000200. The third-order valence-electron chi connectivity index (χ3n) is 4.13. The maximum absolute atomic E-state index is 10.6. The van der Waals surface area contributed by atoms with E-state index in [2.05, 4.69) is 31.9 Å². The molecule has 29 heavy (non-hydrogen) atoms. The average Bonchev–Trinajstić information content (AvgIpc) is 2.68. The fourth-order valence-corrected chi connectivity index (χ4v) is 3.77. The number of carbonyl (C=O) groups is 2. The minimum Gasteiger partial charge on any atom is -0.545 e. The number of carboxylic acids is 2. The predicted molar refractivity (Wildman–Crippen MR) is 112 cm³/mol. The molecule has 0 unspecified atom stereocenters. The molecule has 0 amide bonds. The molecule has 0 N–H and O–H groups in total. The van der Waals surface area contributed by atoms with Gasteiger partial charge in [-0.25, -0.2) is 0 Å². The van der Waals surface area contributed by atoms with E-state index in [0.29, 0.717) is 0 Å². The Labute approximate surface area is 196 Å². The minimum absolute atomic E-state index is 0. The minimum atomic E-state index is -1.15. The van der Waals surface area contributed by atoms with Gasteiger partial charge in [0.25, 0.3) is 0 Å². The van der Waals surface area contributed by atoms with Crippen LogP contribution < -0.4 is 10.2 Å². The van der Waals surface area contributed by atoms with E-state index in [1.54, 1.807) is 36.4 Å². The fourth-order valence-electron chi connectivity index (χ4n) is 2.74. The van der Waals surface area contributed by atoms with Gasteiger partial charge < -0.3 is 19.8 Å². The molecule has 0 aromatic heterocycles. The molecule has 0 spiro atoms. The van der Waals surface area contributed by atoms with E-state index < -0.39 is 11.9 Å². The van der Waals surface area contributed by atoms with E-state index in [9.17, 15) is 19.8 Å². The van der Waals surface area contributed by atoms with Crippen molar-refractivity contribution < 1.29 is 39.3 Å². The van der Waals surface area contributed by atoms with Crippen LogP contribution in [0.1, 0.15) is 20.7 Å². The second kappa shape index (κ2) is 10.1. The Bertz CT molecular complexity index is 1110.